The SMILES string of the molecule is CC(C(=O)c1cccc(Cl)c1)n1cnc2c1CCCC2. The maximum Gasteiger partial charge on any atom is 0.185 e. The predicted octanol–water partition coefficient (Wildman–Crippen LogP) is 3.86. The molecule has 0 saturated carbocycles. The molecule has 3 nitrogen and oxygen atoms in total. The predicted molar refractivity (Wildman–Crippen MR) is 79.4 cm³/mol. The monoisotopic (exact) mass is 288 g/mol. The van der Waals surface area contributed by atoms with Crippen molar-refractivity contribution in [2.75, 3.05) is 0 Å². The number of halogens is 1. The van der Waals surface area contributed by atoms with Crippen molar-refractivity contribution in [2.45, 2.75) is 38.6 Å². The van der Waals surface area contributed by atoms with E-state index in [1.165, 1.54) is 18.5 Å². The lowest BCUT2D eigenvalue weighted by Crippen LogP contribution is -2.19. The molecule has 1 aliphatic carbocycles. The van der Waals surface area contributed by atoms with Crippen LogP contribution in [0.1, 0.15) is 47.6 Å². The van der Waals surface area contributed by atoms with Crippen LogP contribution in [0.2, 0.25) is 5.02 Å². The molecule has 3 rings (SSSR count). The van der Waals surface area contributed by atoms with Crippen molar-refractivity contribution < 1.29 is 4.79 Å². The fraction of sp³-hybridized carbons (Fsp3) is 0.375. The average Bonchev–Trinajstić information content (AvgIpc) is 2.89. The van der Waals surface area contributed by atoms with Gasteiger partial charge in [0.2, 0.25) is 0 Å². The molecule has 1 heterocycles. The van der Waals surface area contributed by atoms with Crippen LogP contribution < -0.4 is 0 Å². The molecule has 4 heteroatoms. The molecular formula is C16H17ClN2O. The van der Waals surface area contributed by atoms with E-state index in [9.17, 15) is 4.79 Å². The second-order valence-electron chi connectivity index (χ2n) is 5.30. The standard InChI is InChI=1S/C16H17ClN2O/c1-11(16(20)12-5-4-6-13(17)9-12)19-10-18-14-7-2-3-8-15(14)19/h4-6,9-11H,2-3,7-8H2,1H3. The lowest BCUT2D eigenvalue weighted by molar-refractivity contribution is 0.0933. The Morgan fingerprint density at radius 2 is 2.15 bits per heavy atom. The highest BCUT2D eigenvalue weighted by molar-refractivity contribution is 6.31. The quantitative estimate of drug-likeness (QED) is 0.804. The summed E-state index contributed by atoms with van der Waals surface area (Å²) in [6.07, 6.45) is 6.23. The number of hydrogen-bond donors (Lipinski definition) is 0. The molecule has 1 aromatic heterocycles. The fourth-order valence-corrected chi connectivity index (χ4v) is 3.03. The summed E-state index contributed by atoms with van der Waals surface area (Å²) in [5.41, 5.74) is 3.03. The van der Waals surface area contributed by atoms with E-state index in [0.29, 0.717) is 10.6 Å². The summed E-state index contributed by atoms with van der Waals surface area (Å²) in [5.74, 6) is 0.0817. The van der Waals surface area contributed by atoms with Crippen molar-refractivity contribution in [3.05, 3.63) is 52.6 Å². The van der Waals surface area contributed by atoms with Crippen LogP contribution in [0.3, 0.4) is 0 Å². The maximum atomic E-state index is 12.6. The van der Waals surface area contributed by atoms with Crippen LogP contribution in [-0.4, -0.2) is 15.3 Å². The van der Waals surface area contributed by atoms with Crippen LogP contribution in [0, 0.1) is 0 Å². The molecule has 0 radical (unpaired) electrons. The molecule has 1 aliphatic rings. The molecule has 1 unspecified atom stereocenters. The molecule has 1 aromatic carbocycles. The van der Waals surface area contributed by atoms with Gasteiger partial charge in [-0.2, -0.15) is 0 Å². The number of nitrogens with zero attached hydrogens (tertiary/aromatic N) is 2. The number of fused-ring (bicyclic) bond motifs is 1. The topological polar surface area (TPSA) is 34.9 Å². The Kier molecular flexibility index (Phi) is 3.62. The van der Waals surface area contributed by atoms with Crippen LogP contribution in [0.4, 0.5) is 0 Å². The van der Waals surface area contributed by atoms with E-state index >= 15 is 0 Å². The highest BCUT2D eigenvalue weighted by atomic mass is 35.5. The Bertz CT molecular complexity index is 648. The number of carbonyl (C=O) groups is 1. The van der Waals surface area contributed by atoms with Gasteiger partial charge in [0.25, 0.3) is 0 Å². The molecule has 104 valence electrons. The Labute approximate surface area is 123 Å². The van der Waals surface area contributed by atoms with Crippen molar-refractivity contribution in [3.63, 3.8) is 0 Å². The van der Waals surface area contributed by atoms with E-state index in [0.717, 1.165) is 18.5 Å². The third kappa shape index (κ3) is 2.38. The van der Waals surface area contributed by atoms with Crippen molar-refractivity contribution in [2.24, 2.45) is 0 Å². The highest BCUT2D eigenvalue weighted by Gasteiger charge is 2.23. The second kappa shape index (κ2) is 5.41. The number of aromatic nitrogens is 2. The third-order valence-corrected chi connectivity index (χ3v) is 4.20. The van der Waals surface area contributed by atoms with E-state index in [1.807, 2.05) is 30.0 Å². The molecule has 0 amide bonds. The number of hydrogen-bond acceptors (Lipinski definition) is 2. The van der Waals surface area contributed by atoms with Crippen molar-refractivity contribution in [1.29, 1.82) is 0 Å². The zero-order valence-electron chi connectivity index (χ0n) is 11.5. The summed E-state index contributed by atoms with van der Waals surface area (Å²) in [6, 6.07) is 6.90. The summed E-state index contributed by atoms with van der Waals surface area (Å²) in [7, 11) is 0. The van der Waals surface area contributed by atoms with E-state index in [-0.39, 0.29) is 11.8 Å². The smallest absolute Gasteiger partial charge is 0.185 e. The Morgan fingerprint density at radius 1 is 1.35 bits per heavy atom. The lowest BCUT2D eigenvalue weighted by Gasteiger charge is -2.18. The zero-order chi connectivity index (χ0) is 14.1. The van der Waals surface area contributed by atoms with Crippen LogP contribution in [-0.2, 0) is 12.8 Å². The summed E-state index contributed by atoms with van der Waals surface area (Å²) >= 11 is 5.96. The first kappa shape index (κ1) is 13.4. The van der Waals surface area contributed by atoms with E-state index < -0.39 is 0 Å². The number of Topliss-reactive ketones (excluding diaryl/α,β-unsaturated/α-hetero) is 1. The van der Waals surface area contributed by atoms with Crippen molar-refractivity contribution in [3.8, 4) is 0 Å². The Morgan fingerprint density at radius 3 is 2.95 bits per heavy atom. The molecule has 0 N–H and O–H groups in total. The normalized spacial score (nSPS) is 15.7. The molecule has 20 heavy (non-hydrogen) atoms. The number of benzene rings is 1. The lowest BCUT2D eigenvalue weighted by atomic mass is 9.99. The second-order valence-corrected chi connectivity index (χ2v) is 5.74. The summed E-state index contributed by atoms with van der Waals surface area (Å²) in [4.78, 5) is 17.0. The Balaban J connectivity index is 1.90. The molecule has 2 aromatic rings. The van der Waals surface area contributed by atoms with Gasteiger partial charge in [0, 0.05) is 16.3 Å². The van der Waals surface area contributed by atoms with Crippen LogP contribution in [0.25, 0.3) is 0 Å². The zero-order valence-corrected chi connectivity index (χ0v) is 12.2. The summed E-state index contributed by atoms with van der Waals surface area (Å²) in [6.45, 7) is 1.93. The van der Waals surface area contributed by atoms with E-state index in [1.54, 1.807) is 12.1 Å². The van der Waals surface area contributed by atoms with Gasteiger partial charge in [-0.25, -0.2) is 4.98 Å². The van der Waals surface area contributed by atoms with E-state index in [4.69, 9.17) is 11.6 Å². The van der Waals surface area contributed by atoms with Crippen LogP contribution in [0.5, 0.6) is 0 Å². The minimum Gasteiger partial charge on any atom is -0.324 e. The van der Waals surface area contributed by atoms with Gasteiger partial charge in [0.1, 0.15) is 0 Å². The van der Waals surface area contributed by atoms with Crippen LogP contribution >= 0.6 is 11.6 Å². The molecular weight excluding hydrogens is 272 g/mol. The van der Waals surface area contributed by atoms with Crippen molar-refractivity contribution in [1.82, 2.24) is 9.55 Å². The van der Waals surface area contributed by atoms with Gasteiger partial charge in [-0.3, -0.25) is 4.79 Å². The largest absolute Gasteiger partial charge is 0.324 e. The van der Waals surface area contributed by atoms with Gasteiger partial charge >= 0.3 is 0 Å². The third-order valence-electron chi connectivity index (χ3n) is 3.97. The fourth-order valence-electron chi connectivity index (χ4n) is 2.84. The van der Waals surface area contributed by atoms with E-state index in [2.05, 4.69) is 4.98 Å². The van der Waals surface area contributed by atoms with Gasteiger partial charge < -0.3 is 4.57 Å². The Hall–Kier alpha value is -1.61. The average molecular weight is 289 g/mol. The van der Waals surface area contributed by atoms with Gasteiger partial charge in [-0.05, 0) is 44.7 Å². The van der Waals surface area contributed by atoms with Gasteiger partial charge in [0.15, 0.2) is 5.78 Å². The first-order valence-electron chi connectivity index (χ1n) is 7.01. The molecule has 0 fully saturated rings. The molecule has 0 spiro atoms. The van der Waals surface area contributed by atoms with Crippen LogP contribution in [0.15, 0.2) is 30.6 Å². The molecule has 0 aliphatic heterocycles. The number of rotatable bonds is 3. The number of carbonyl (C=O) groups excluding carboxylic acids is 1. The summed E-state index contributed by atoms with van der Waals surface area (Å²) < 4.78 is 2.03. The van der Waals surface area contributed by atoms with Gasteiger partial charge in [-0.1, -0.05) is 23.7 Å². The van der Waals surface area contributed by atoms with Crippen molar-refractivity contribution >= 4 is 17.4 Å². The first-order chi connectivity index (χ1) is 9.66. The van der Waals surface area contributed by atoms with Gasteiger partial charge in [0.05, 0.1) is 18.1 Å². The van der Waals surface area contributed by atoms with Gasteiger partial charge in [-0.15, -0.1) is 0 Å². The maximum absolute atomic E-state index is 12.6. The molecule has 0 saturated heterocycles. The summed E-state index contributed by atoms with van der Waals surface area (Å²) in [5, 5.41) is 0.593. The first-order valence-corrected chi connectivity index (χ1v) is 7.39. The number of aryl methyl sites for hydroxylation is 1. The molecule has 1 atom stereocenters. The minimum absolute atomic E-state index is 0.0817. The molecule has 0 bridgehead atoms. The minimum atomic E-state index is -0.234. The number of imidazole rings is 1. The number of ketones is 1. The highest BCUT2D eigenvalue weighted by Crippen LogP contribution is 2.25.